The number of carbonyl (C=O) groups is 1. The van der Waals surface area contributed by atoms with Gasteiger partial charge < -0.3 is 15.4 Å². The molecule has 0 aromatic heterocycles. The van der Waals surface area contributed by atoms with Gasteiger partial charge >= 0.3 is 0 Å². The summed E-state index contributed by atoms with van der Waals surface area (Å²) >= 11 is 0. The van der Waals surface area contributed by atoms with Crippen molar-refractivity contribution in [3.05, 3.63) is 78.2 Å². The quantitative estimate of drug-likeness (QED) is 0.713. The van der Waals surface area contributed by atoms with Crippen molar-refractivity contribution in [2.24, 2.45) is 5.73 Å². The fraction of sp³-hybridized carbons (Fsp3) is 0.304. The molecule has 1 amide bonds. The van der Waals surface area contributed by atoms with Gasteiger partial charge in [-0.25, -0.2) is 0 Å². The van der Waals surface area contributed by atoms with Gasteiger partial charge in [-0.1, -0.05) is 42.5 Å². The summed E-state index contributed by atoms with van der Waals surface area (Å²) in [6, 6.07) is 18.5. The number of nitrogens with zero attached hydrogens (tertiary/aromatic N) is 1. The molecule has 4 heteroatoms. The van der Waals surface area contributed by atoms with Crippen molar-refractivity contribution in [3.63, 3.8) is 0 Å². The van der Waals surface area contributed by atoms with Gasteiger partial charge in [-0.15, -0.1) is 0 Å². The van der Waals surface area contributed by atoms with Crippen LogP contribution in [0.15, 0.2) is 66.7 Å². The first-order valence-corrected chi connectivity index (χ1v) is 9.46. The molecule has 1 radical (unpaired) electrons. The van der Waals surface area contributed by atoms with Gasteiger partial charge in [0, 0.05) is 18.3 Å². The molecule has 0 aliphatic heterocycles. The molecular weight excluding hydrogens is 336 g/mol. The highest BCUT2D eigenvalue weighted by Crippen LogP contribution is 2.27. The first kappa shape index (κ1) is 19.0. The average molecular weight is 363 g/mol. The fourth-order valence-corrected chi connectivity index (χ4v) is 3.26. The van der Waals surface area contributed by atoms with Crippen molar-refractivity contribution < 1.29 is 9.53 Å². The van der Waals surface area contributed by atoms with Crippen LogP contribution in [0.3, 0.4) is 0 Å². The average Bonchev–Trinajstić information content (AvgIpc) is 2.72. The predicted octanol–water partition coefficient (Wildman–Crippen LogP) is 4.26. The molecule has 0 spiro atoms. The van der Waals surface area contributed by atoms with E-state index in [1.807, 2.05) is 42.5 Å². The Kier molecular flexibility index (Phi) is 6.53. The van der Waals surface area contributed by atoms with E-state index < -0.39 is 0 Å². The number of amides is 1. The minimum atomic E-state index is -0.345. The molecule has 2 N–H and O–H groups in total. The molecule has 0 heterocycles. The molecular formula is C23H27N2O2. The highest BCUT2D eigenvalue weighted by Gasteiger charge is 2.22. The van der Waals surface area contributed by atoms with Crippen molar-refractivity contribution in [2.75, 3.05) is 11.4 Å². The van der Waals surface area contributed by atoms with Gasteiger partial charge in [0.1, 0.15) is 12.4 Å². The van der Waals surface area contributed by atoms with E-state index in [9.17, 15) is 4.79 Å². The number of ether oxygens (including phenoxy) is 1. The number of hydrogen-bond donors (Lipinski definition) is 1. The summed E-state index contributed by atoms with van der Waals surface area (Å²) in [6.45, 7) is 2.89. The molecule has 141 valence electrons. The van der Waals surface area contributed by atoms with Gasteiger partial charge in [0.2, 0.25) is 5.91 Å². The lowest BCUT2D eigenvalue weighted by molar-refractivity contribution is -0.116. The second-order valence-corrected chi connectivity index (χ2v) is 6.97. The SMILES string of the molecule is C[C](CN(c1ccc(OCc2ccccc2)cc1)C1C=CCCC1)C(N)=O. The molecule has 1 unspecified atom stereocenters. The number of primary amides is 1. The zero-order valence-corrected chi connectivity index (χ0v) is 15.8. The maximum absolute atomic E-state index is 11.5. The zero-order valence-electron chi connectivity index (χ0n) is 15.8. The summed E-state index contributed by atoms with van der Waals surface area (Å²) in [5.74, 6) is 1.15. The van der Waals surface area contributed by atoms with Crippen LogP contribution in [-0.4, -0.2) is 18.5 Å². The molecule has 27 heavy (non-hydrogen) atoms. The topological polar surface area (TPSA) is 55.6 Å². The second-order valence-electron chi connectivity index (χ2n) is 6.97. The number of allylic oxidation sites excluding steroid dienone is 1. The van der Waals surface area contributed by atoms with E-state index in [2.05, 4.69) is 29.2 Å². The third kappa shape index (κ3) is 5.36. The summed E-state index contributed by atoms with van der Waals surface area (Å²) in [7, 11) is 0. The highest BCUT2D eigenvalue weighted by molar-refractivity contribution is 5.88. The molecule has 0 saturated heterocycles. The van der Waals surface area contributed by atoms with Crippen LogP contribution in [0.2, 0.25) is 0 Å². The van der Waals surface area contributed by atoms with Gasteiger partial charge in [-0.2, -0.15) is 0 Å². The van der Waals surface area contributed by atoms with Crippen LogP contribution < -0.4 is 15.4 Å². The smallest absolute Gasteiger partial charge is 0.226 e. The number of benzene rings is 2. The van der Waals surface area contributed by atoms with Crippen molar-refractivity contribution in [2.45, 2.75) is 38.8 Å². The van der Waals surface area contributed by atoms with Gasteiger partial charge in [0.15, 0.2) is 0 Å². The first-order chi connectivity index (χ1) is 13.1. The van der Waals surface area contributed by atoms with Crippen LogP contribution in [0.5, 0.6) is 5.75 Å². The van der Waals surface area contributed by atoms with Crippen LogP contribution in [-0.2, 0) is 11.4 Å². The molecule has 1 atom stereocenters. The normalized spacial score (nSPS) is 16.3. The minimum Gasteiger partial charge on any atom is -0.489 e. The van der Waals surface area contributed by atoms with Crippen LogP contribution in [0, 0.1) is 5.92 Å². The maximum atomic E-state index is 11.5. The number of nitrogens with two attached hydrogens (primary N) is 1. The van der Waals surface area contributed by atoms with Gasteiger partial charge in [0.25, 0.3) is 0 Å². The Morgan fingerprint density at radius 3 is 2.52 bits per heavy atom. The van der Waals surface area contributed by atoms with E-state index in [1.165, 1.54) is 0 Å². The molecule has 4 nitrogen and oxygen atoms in total. The molecule has 1 aliphatic carbocycles. The molecule has 1 aliphatic rings. The summed E-state index contributed by atoms with van der Waals surface area (Å²) < 4.78 is 5.88. The van der Waals surface area contributed by atoms with Crippen molar-refractivity contribution in [1.29, 1.82) is 0 Å². The Labute approximate surface area is 161 Å². The van der Waals surface area contributed by atoms with Crippen molar-refractivity contribution in [3.8, 4) is 5.75 Å². The van der Waals surface area contributed by atoms with Crippen molar-refractivity contribution >= 4 is 11.6 Å². The number of hydrogen-bond acceptors (Lipinski definition) is 3. The Bertz CT molecular complexity index is 756. The molecule has 0 saturated carbocycles. The Morgan fingerprint density at radius 2 is 1.89 bits per heavy atom. The second kappa shape index (κ2) is 9.26. The zero-order chi connectivity index (χ0) is 19.1. The lowest BCUT2D eigenvalue weighted by Gasteiger charge is -2.34. The van der Waals surface area contributed by atoms with Gasteiger partial charge in [-0.05, 0) is 56.0 Å². The summed E-state index contributed by atoms with van der Waals surface area (Å²) in [4.78, 5) is 13.8. The lowest BCUT2D eigenvalue weighted by Crippen LogP contribution is -2.40. The summed E-state index contributed by atoms with van der Waals surface area (Å²) in [5, 5.41) is 0. The molecule has 0 fully saturated rings. The minimum absolute atomic E-state index is 0.282. The van der Waals surface area contributed by atoms with E-state index in [0.29, 0.717) is 19.1 Å². The number of carbonyl (C=O) groups excluding carboxylic acids is 1. The van der Waals surface area contributed by atoms with E-state index in [0.717, 1.165) is 36.3 Å². The van der Waals surface area contributed by atoms with E-state index in [-0.39, 0.29) is 11.9 Å². The Hall–Kier alpha value is -2.75. The van der Waals surface area contributed by atoms with Crippen LogP contribution in [0.25, 0.3) is 0 Å². The largest absolute Gasteiger partial charge is 0.489 e. The fourth-order valence-electron chi connectivity index (χ4n) is 3.26. The Morgan fingerprint density at radius 1 is 1.15 bits per heavy atom. The van der Waals surface area contributed by atoms with Crippen molar-refractivity contribution in [1.82, 2.24) is 0 Å². The van der Waals surface area contributed by atoms with E-state index in [4.69, 9.17) is 10.5 Å². The van der Waals surface area contributed by atoms with Crippen LogP contribution in [0.1, 0.15) is 31.7 Å². The molecule has 2 aromatic rings. The van der Waals surface area contributed by atoms with E-state index >= 15 is 0 Å². The predicted molar refractivity (Wildman–Crippen MR) is 109 cm³/mol. The summed E-state index contributed by atoms with van der Waals surface area (Å²) in [6.07, 6.45) is 7.81. The van der Waals surface area contributed by atoms with E-state index in [1.54, 1.807) is 6.92 Å². The maximum Gasteiger partial charge on any atom is 0.226 e. The molecule has 3 rings (SSSR count). The molecule has 2 aromatic carbocycles. The first-order valence-electron chi connectivity index (χ1n) is 9.46. The van der Waals surface area contributed by atoms with Crippen LogP contribution >= 0.6 is 0 Å². The highest BCUT2D eigenvalue weighted by atomic mass is 16.5. The number of anilines is 1. The standard InChI is InChI=1S/C23H27N2O2/c1-18(23(24)26)16-25(20-10-6-3-7-11-20)21-12-14-22(15-13-21)27-17-19-8-4-2-5-9-19/h2,4-6,8-10,12-15,20H,3,7,11,16-17H2,1H3,(H2,24,26). The lowest BCUT2D eigenvalue weighted by atomic mass is 9.99. The molecule has 0 bridgehead atoms. The number of rotatable bonds is 8. The monoisotopic (exact) mass is 363 g/mol. The third-order valence-corrected chi connectivity index (χ3v) is 4.87. The van der Waals surface area contributed by atoms with Gasteiger partial charge in [0.05, 0.1) is 5.92 Å². The Balaban J connectivity index is 1.70. The van der Waals surface area contributed by atoms with Gasteiger partial charge in [-0.3, -0.25) is 4.79 Å². The summed E-state index contributed by atoms with van der Waals surface area (Å²) in [5.41, 5.74) is 7.68. The van der Waals surface area contributed by atoms with Crippen LogP contribution in [0.4, 0.5) is 5.69 Å². The third-order valence-electron chi connectivity index (χ3n) is 4.87.